The molecule has 1 aromatic carbocycles. The van der Waals surface area contributed by atoms with Crippen molar-refractivity contribution in [3.8, 4) is 0 Å². The highest BCUT2D eigenvalue weighted by Crippen LogP contribution is 2.14. The second-order valence-corrected chi connectivity index (χ2v) is 8.54. The summed E-state index contributed by atoms with van der Waals surface area (Å²) in [4.78, 5) is 11.5. The number of unbranched alkanes of at least 4 members (excludes halogenated alkanes) is 5. The van der Waals surface area contributed by atoms with Crippen LogP contribution in [-0.4, -0.2) is 37.6 Å². The molecule has 0 aliphatic rings. The molecule has 0 aliphatic heterocycles. The molecule has 0 saturated carbocycles. The fraction of sp³-hybridized carbons (Fsp3) is 0.625. The van der Waals surface area contributed by atoms with Gasteiger partial charge < -0.3 is 22.2 Å². The van der Waals surface area contributed by atoms with Crippen molar-refractivity contribution in [3.63, 3.8) is 0 Å². The molecule has 0 unspecified atom stereocenters. The van der Waals surface area contributed by atoms with E-state index in [2.05, 4.69) is 57.2 Å². The minimum atomic E-state index is -0.0405. The fourth-order valence-electron chi connectivity index (χ4n) is 3.35. The van der Waals surface area contributed by atoms with E-state index >= 15 is 0 Å². The van der Waals surface area contributed by atoms with Gasteiger partial charge in [0.25, 0.3) is 0 Å². The molecule has 0 atom stereocenters. The molecule has 0 radical (unpaired) electrons. The highest BCUT2D eigenvalue weighted by atomic mass is 35.5. The SMILES string of the molecule is C=C(C)C(=O)NCCC[N+](C)(C)Cc1ccc(CCCCCCCC)cc1.[Cl-]. The first-order valence-corrected chi connectivity index (χ1v) is 10.7. The summed E-state index contributed by atoms with van der Waals surface area (Å²) >= 11 is 0. The first kappa shape index (κ1) is 26.7. The summed E-state index contributed by atoms with van der Waals surface area (Å²) in [6.45, 7) is 10.4. The van der Waals surface area contributed by atoms with E-state index in [0.29, 0.717) is 12.1 Å². The molecular formula is C24H41ClN2O. The van der Waals surface area contributed by atoms with E-state index in [-0.39, 0.29) is 18.3 Å². The van der Waals surface area contributed by atoms with Crippen LogP contribution in [0.15, 0.2) is 36.4 Å². The lowest BCUT2D eigenvalue weighted by Gasteiger charge is -2.30. The van der Waals surface area contributed by atoms with Crippen molar-refractivity contribution in [2.45, 2.75) is 71.8 Å². The molecule has 0 bridgehead atoms. The molecule has 1 rings (SSSR count). The predicted molar refractivity (Wildman–Crippen MR) is 117 cm³/mol. The summed E-state index contributed by atoms with van der Waals surface area (Å²) in [7, 11) is 4.51. The van der Waals surface area contributed by atoms with Gasteiger partial charge in [0.15, 0.2) is 0 Å². The molecule has 4 heteroatoms. The van der Waals surface area contributed by atoms with Crippen LogP contribution in [0.1, 0.15) is 69.9 Å². The van der Waals surface area contributed by atoms with Gasteiger partial charge in [-0.1, -0.05) is 69.9 Å². The molecule has 0 saturated heterocycles. The van der Waals surface area contributed by atoms with Crippen molar-refractivity contribution in [2.75, 3.05) is 27.2 Å². The van der Waals surface area contributed by atoms with Crippen molar-refractivity contribution in [1.29, 1.82) is 0 Å². The summed E-state index contributed by atoms with van der Waals surface area (Å²) < 4.78 is 0.930. The maximum atomic E-state index is 11.5. The van der Waals surface area contributed by atoms with Crippen LogP contribution in [0.2, 0.25) is 0 Å². The van der Waals surface area contributed by atoms with Gasteiger partial charge in [0, 0.05) is 24.1 Å². The Morgan fingerprint density at radius 1 is 0.964 bits per heavy atom. The van der Waals surface area contributed by atoms with E-state index in [0.717, 1.165) is 24.0 Å². The molecule has 0 aliphatic carbocycles. The first-order chi connectivity index (χ1) is 12.8. The van der Waals surface area contributed by atoms with Crippen molar-refractivity contribution < 1.29 is 21.7 Å². The summed E-state index contributed by atoms with van der Waals surface area (Å²) in [6, 6.07) is 9.17. The number of quaternary nitrogens is 1. The van der Waals surface area contributed by atoms with Crippen LogP contribution in [0.5, 0.6) is 0 Å². The van der Waals surface area contributed by atoms with Gasteiger partial charge in [0.05, 0.1) is 20.6 Å². The lowest BCUT2D eigenvalue weighted by Crippen LogP contribution is -3.00. The largest absolute Gasteiger partial charge is 1.00 e. The molecule has 0 aromatic heterocycles. The van der Waals surface area contributed by atoms with E-state index in [1.807, 2.05) is 0 Å². The van der Waals surface area contributed by atoms with E-state index in [1.165, 1.54) is 56.1 Å². The number of hydrogen-bond acceptors (Lipinski definition) is 1. The number of hydrogen-bond donors (Lipinski definition) is 1. The van der Waals surface area contributed by atoms with Gasteiger partial charge >= 0.3 is 0 Å². The number of nitrogens with zero attached hydrogens (tertiary/aromatic N) is 1. The maximum Gasteiger partial charge on any atom is 0.246 e. The lowest BCUT2D eigenvalue weighted by molar-refractivity contribution is -0.903. The van der Waals surface area contributed by atoms with Crippen molar-refractivity contribution in [1.82, 2.24) is 5.32 Å². The van der Waals surface area contributed by atoms with E-state index < -0.39 is 0 Å². The zero-order valence-corrected chi connectivity index (χ0v) is 19.3. The Morgan fingerprint density at radius 2 is 1.54 bits per heavy atom. The number of benzene rings is 1. The second kappa shape index (κ2) is 14.6. The van der Waals surface area contributed by atoms with Gasteiger partial charge in [-0.15, -0.1) is 0 Å². The Kier molecular flexibility index (Phi) is 14.0. The number of rotatable bonds is 14. The first-order valence-electron chi connectivity index (χ1n) is 10.7. The summed E-state index contributed by atoms with van der Waals surface area (Å²) in [5, 5.41) is 2.91. The summed E-state index contributed by atoms with van der Waals surface area (Å²) in [5.74, 6) is -0.0405. The maximum absolute atomic E-state index is 11.5. The number of amides is 1. The molecule has 160 valence electrons. The molecular weight excluding hydrogens is 368 g/mol. The Labute approximate surface area is 179 Å². The number of carbonyl (C=O) groups excluding carboxylic acids is 1. The number of nitrogens with one attached hydrogen (secondary N) is 1. The molecule has 0 heterocycles. The van der Waals surface area contributed by atoms with Gasteiger partial charge in [-0.2, -0.15) is 0 Å². The van der Waals surface area contributed by atoms with E-state index in [1.54, 1.807) is 6.92 Å². The van der Waals surface area contributed by atoms with E-state index in [4.69, 9.17) is 0 Å². The number of aryl methyl sites for hydroxylation is 1. The molecule has 0 fully saturated rings. The quantitative estimate of drug-likeness (QED) is 0.285. The molecule has 1 N–H and O–H groups in total. The predicted octanol–water partition coefficient (Wildman–Crippen LogP) is 2.25. The topological polar surface area (TPSA) is 29.1 Å². The Morgan fingerprint density at radius 3 is 2.14 bits per heavy atom. The third-order valence-corrected chi connectivity index (χ3v) is 5.07. The van der Waals surface area contributed by atoms with Crippen molar-refractivity contribution in [3.05, 3.63) is 47.5 Å². The Bertz CT molecular complexity index is 566. The standard InChI is InChI=1S/C24H40N2O.ClH/c1-6-7-8-9-10-11-13-22-14-16-23(17-15-22)20-26(4,5)19-12-18-25-24(27)21(2)3;/h14-17H,2,6-13,18-20H2,1,3-5H3;1H. The van der Waals surface area contributed by atoms with Crippen LogP contribution in [0.25, 0.3) is 0 Å². The molecule has 1 aromatic rings. The fourth-order valence-corrected chi connectivity index (χ4v) is 3.35. The van der Waals surface area contributed by atoms with Gasteiger partial charge in [-0.25, -0.2) is 0 Å². The van der Waals surface area contributed by atoms with Crippen LogP contribution >= 0.6 is 0 Å². The average Bonchev–Trinajstić information content (AvgIpc) is 2.62. The monoisotopic (exact) mass is 408 g/mol. The molecule has 1 amide bonds. The lowest BCUT2D eigenvalue weighted by atomic mass is 10.0. The van der Waals surface area contributed by atoms with Crippen LogP contribution in [0, 0.1) is 0 Å². The van der Waals surface area contributed by atoms with Crippen LogP contribution < -0.4 is 17.7 Å². The highest BCUT2D eigenvalue weighted by Gasteiger charge is 2.15. The van der Waals surface area contributed by atoms with Crippen molar-refractivity contribution in [2.24, 2.45) is 0 Å². The third kappa shape index (κ3) is 12.2. The Hall–Kier alpha value is -1.32. The van der Waals surface area contributed by atoms with Gasteiger partial charge in [-0.05, 0) is 25.3 Å². The Balaban J connectivity index is 0.00000729. The average molecular weight is 409 g/mol. The summed E-state index contributed by atoms with van der Waals surface area (Å²) in [6.07, 6.45) is 10.3. The normalized spacial score (nSPS) is 11.0. The van der Waals surface area contributed by atoms with Gasteiger partial charge in [0.1, 0.15) is 6.54 Å². The van der Waals surface area contributed by atoms with Crippen molar-refractivity contribution >= 4 is 5.91 Å². The van der Waals surface area contributed by atoms with Crippen LogP contribution in [0.3, 0.4) is 0 Å². The molecule has 0 spiro atoms. The van der Waals surface area contributed by atoms with Crippen LogP contribution in [-0.2, 0) is 17.8 Å². The highest BCUT2D eigenvalue weighted by molar-refractivity contribution is 5.91. The zero-order valence-electron chi connectivity index (χ0n) is 18.5. The third-order valence-electron chi connectivity index (χ3n) is 5.07. The smallest absolute Gasteiger partial charge is 0.246 e. The van der Waals surface area contributed by atoms with Crippen LogP contribution in [0.4, 0.5) is 0 Å². The molecule has 3 nitrogen and oxygen atoms in total. The number of halogens is 1. The zero-order chi connectivity index (χ0) is 20.1. The summed E-state index contributed by atoms with van der Waals surface area (Å²) in [5.41, 5.74) is 3.42. The van der Waals surface area contributed by atoms with Gasteiger partial charge in [-0.3, -0.25) is 4.79 Å². The number of carbonyl (C=O) groups is 1. The minimum absolute atomic E-state index is 0. The molecule has 28 heavy (non-hydrogen) atoms. The second-order valence-electron chi connectivity index (χ2n) is 8.54. The van der Waals surface area contributed by atoms with E-state index in [9.17, 15) is 4.79 Å². The van der Waals surface area contributed by atoms with Gasteiger partial charge in [0.2, 0.25) is 5.91 Å². The minimum Gasteiger partial charge on any atom is -1.00 e.